The predicted molar refractivity (Wildman–Crippen MR) is 417 cm³/mol. The molecule has 0 saturated heterocycles. The molecule has 0 aliphatic heterocycles. The van der Waals surface area contributed by atoms with Gasteiger partial charge in [-0.05, 0) is 172 Å². The van der Waals surface area contributed by atoms with Crippen LogP contribution in [0.1, 0.15) is 138 Å². The third-order valence-corrected chi connectivity index (χ3v) is 20.8. The molecule has 21 heteroatoms. The molecular weight excluding hydrogens is 1470 g/mol. The van der Waals surface area contributed by atoms with E-state index in [1.165, 1.54) is 76.7 Å². The molecule has 0 aliphatic carbocycles. The van der Waals surface area contributed by atoms with Crippen LogP contribution in [0.5, 0.6) is 0 Å². The standard InChI is InChI=1S/C25H22N2O2S.C23H18N2O2S.C14H16BrNO2S.C8H5BrClNS.C6H12O2.2CH4/c1-4-29-24(28)25(2,3)12-17-11-21-22(14-27-15-23(21)30-17)20-10-9-16(13-26)18-7-5-6-8-19(18)20;1-23(2,22(26)27)10-15-9-19-20(12-25-13-21(19)28-15)18-8-7-14(11-24)16-5-3-4-6-17(16)18;1-4-18-13(17)14(2,3)6-9-5-10-11(15)7-16-8-12(10)19-9;9-7-3-11-4-8-6(7)1-5(2-10)12-8;1-4-8-6(7)5(2)3;;/h5-11,14-15H,4,12H2,1-3H3;3-9,12-13H,10H2,1-2H3,(H,26,27);5,7-8H,4,6H2,1-3H3;1,3-4H,2H2;5H,4H2,1-3H3;2*1H4/i2D3;1D3;2D3;;2D3;;. The summed E-state index contributed by atoms with van der Waals surface area (Å²) < 4.78 is 111. The van der Waals surface area contributed by atoms with Gasteiger partial charge < -0.3 is 19.3 Å². The van der Waals surface area contributed by atoms with Gasteiger partial charge in [0.1, 0.15) is 0 Å². The van der Waals surface area contributed by atoms with Crippen LogP contribution in [0, 0.1) is 44.8 Å². The molecule has 0 radical (unpaired) electrons. The molecule has 12 aromatic rings. The Bertz CT molecular complexity index is 5430. The van der Waals surface area contributed by atoms with Crippen LogP contribution in [0.15, 0.2) is 156 Å². The molecule has 12 rings (SSSR count). The number of thiophene rings is 4. The summed E-state index contributed by atoms with van der Waals surface area (Å²) >= 11 is 18.5. The van der Waals surface area contributed by atoms with Crippen LogP contribution in [0.25, 0.3) is 84.1 Å². The lowest BCUT2D eigenvalue weighted by Crippen LogP contribution is -2.28. The van der Waals surface area contributed by atoms with Crippen molar-refractivity contribution in [2.45, 2.75) is 116 Å². The molecule has 0 amide bonds. The van der Waals surface area contributed by atoms with Crippen molar-refractivity contribution in [2.75, 3.05) is 19.8 Å². The summed E-state index contributed by atoms with van der Waals surface area (Å²) in [5.74, 6) is -3.87. The highest BCUT2D eigenvalue weighted by molar-refractivity contribution is 9.11. The Balaban J connectivity index is 0.000000228. The third-order valence-electron chi connectivity index (χ3n) is 14.8. The SMILES string of the molecule is C.C.ClCc1cc2c(Br)cncc2s1.[2H]C([2H])([2H])C(C)(Cc1cc2c(-c3ccc(C#N)c4ccccc34)cncc2s1)C(=O)O.[2H]C([2H])([2H])C(C)(Cc1cc2c(-c3ccc(C#N)c4ccccc34)cncc2s1)C(=O)OCC.[2H]C([2H])([2H])C(C)(Cc1cc2c(Br)cncc2s1)C(=O)OCC.[2H]C([2H])([2H])C(C)C(=O)OCC. The number of carbonyl (C=O) groups is 4. The fraction of sp³-hybridized carbons (Fsp3) is 0.308. The van der Waals surface area contributed by atoms with E-state index < -0.39 is 73.4 Å². The number of carboxylic acids is 1. The molecular formula is C78H81Br2ClN6O8S4. The number of aliphatic carboxylic acids is 1. The quantitative estimate of drug-likeness (QED) is 0.0541. The molecule has 4 unspecified atom stereocenters. The second-order valence-corrected chi connectivity index (χ2v) is 29.3. The normalized spacial score (nSPS) is 15.2. The molecule has 0 bridgehead atoms. The van der Waals surface area contributed by atoms with Crippen molar-refractivity contribution in [3.05, 3.63) is 186 Å². The second kappa shape index (κ2) is 35.8. The largest absolute Gasteiger partial charge is 0.481 e. The monoisotopic (exact) mass is 1560 g/mol. The molecule has 0 fully saturated rings. The molecule has 0 spiro atoms. The van der Waals surface area contributed by atoms with Crippen molar-refractivity contribution < 1.29 is 54.9 Å². The van der Waals surface area contributed by atoms with Crippen molar-refractivity contribution in [3.63, 3.8) is 0 Å². The minimum Gasteiger partial charge on any atom is -0.481 e. The third kappa shape index (κ3) is 19.7. The molecule has 99 heavy (non-hydrogen) atoms. The Morgan fingerprint density at radius 2 is 0.869 bits per heavy atom. The van der Waals surface area contributed by atoms with Gasteiger partial charge in [-0.3, -0.25) is 39.1 Å². The number of pyridine rings is 4. The number of hydrogen-bond donors (Lipinski definition) is 1. The van der Waals surface area contributed by atoms with Gasteiger partial charge in [0.05, 0.1) is 89.9 Å². The average molecular weight is 1570 g/mol. The number of fused-ring (bicyclic) bond motifs is 6. The van der Waals surface area contributed by atoms with Gasteiger partial charge in [0.2, 0.25) is 0 Å². The molecule has 8 heterocycles. The van der Waals surface area contributed by atoms with Crippen LogP contribution in [0.2, 0.25) is 0 Å². The number of alkyl halides is 1. The minimum absolute atomic E-state index is 0. The van der Waals surface area contributed by atoms with E-state index in [0.29, 0.717) is 21.9 Å². The molecule has 4 aromatic carbocycles. The number of nitriles is 2. The van der Waals surface area contributed by atoms with Gasteiger partial charge in [-0.2, -0.15) is 10.5 Å². The number of halogens is 3. The first-order valence-corrected chi connectivity index (χ1v) is 35.5. The van der Waals surface area contributed by atoms with E-state index >= 15 is 0 Å². The van der Waals surface area contributed by atoms with Crippen LogP contribution in [0.4, 0.5) is 0 Å². The van der Waals surface area contributed by atoms with E-state index in [1.54, 1.807) is 87.6 Å². The number of esters is 3. The van der Waals surface area contributed by atoms with Crippen LogP contribution < -0.4 is 0 Å². The van der Waals surface area contributed by atoms with Gasteiger partial charge in [0.25, 0.3) is 0 Å². The Morgan fingerprint density at radius 3 is 1.22 bits per heavy atom. The number of benzene rings is 4. The van der Waals surface area contributed by atoms with Crippen molar-refractivity contribution in [1.29, 1.82) is 10.5 Å². The molecule has 14 nitrogen and oxygen atoms in total. The number of carboxylic acid groups (broad SMARTS) is 1. The summed E-state index contributed by atoms with van der Waals surface area (Å²) in [7, 11) is 0. The summed E-state index contributed by atoms with van der Waals surface area (Å²) in [5, 5.41) is 36.1. The zero-order valence-corrected chi connectivity index (χ0v) is 60.8. The Kier molecular flexibility index (Phi) is 22.9. The molecule has 0 aliphatic rings. The highest BCUT2D eigenvalue weighted by Crippen LogP contribution is 2.42. The number of rotatable bonds is 16. The van der Waals surface area contributed by atoms with E-state index in [2.05, 4.69) is 74.7 Å². The molecule has 0 saturated carbocycles. The zero-order chi connectivity index (χ0) is 80.4. The molecule has 516 valence electrons. The van der Waals surface area contributed by atoms with E-state index in [-0.39, 0.29) is 53.9 Å². The first-order valence-electron chi connectivity index (χ1n) is 36.2. The van der Waals surface area contributed by atoms with Crippen molar-refractivity contribution in [1.82, 2.24) is 19.9 Å². The van der Waals surface area contributed by atoms with Crippen molar-refractivity contribution >= 4 is 175 Å². The van der Waals surface area contributed by atoms with Gasteiger partial charge in [-0.25, -0.2) is 0 Å². The predicted octanol–water partition coefficient (Wildman–Crippen LogP) is 22.2. The van der Waals surface area contributed by atoms with Crippen LogP contribution in [-0.4, -0.2) is 68.7 Å². The van der Waals surface area contributed by atoms with E-state index in [4.69, 9.17) is 37.5 Å². The maximum Gasteiger partial charge on any atom is 0.311 e. The lowest BCUT2D eigenvalue weighted by atomic mass is 9.88. The fourth-order valence-corrected chi connectivity index (χ4v) is 16.1. The van der Waals surface area contributed by atoms with Crippen LogP contribution in [-0.2, 0) is 58.5 Å². The Morgan fingerprint density at radius 1 is 0.515 bits per heavy atom. The van der Waals surface area contributed by atoms with Crippen LogP contribution >= 0.6 is 88.8 Å². The summed E-state index contributed by atoms with van der Waals surface area (Å²) in [6, 6.07) is 35.0. The summed E-state index contributed by atoms with van der Waals surface area (Å²) in [6.45, 7) is 1.12. The maximum atomic E-state index is 12.6. The number of carbonyl (C=O) groups excluding carboxylic acids is 3. The van der Waals surface area contributed by atoms with E-state index in [1.807, 2.05) is 85.1 Å². The fourth-order valence-electron chi connectivity index (χ4n) is 10.1. The Hall–Kier alpha value is -8.05. The average Bonchev–Trinajstić information content (AvgIpc) is 1.69. The highest BCUT2D eigenvalue weighted by Gasteiger charge is 2.32. The first-order chi connectivity index (χ1) is 51.2. The summed E-state index contributed by atoms with van der Waals surface area (Å²) in [5.41, 5.74) is -0.326. The number of hydrogen-bond acceptors (Lipinski definition) is 17. The number of aromatic nitrogens is 4. The molecule has 8 aromatic heterocycles. The van der Waals surface area contributed by atoms with Gasteiger partial charge in [0.15, 0.2) is 0 Å². The molecule has 4 atom stereocenters. The van der Waals surface area contributed by atoms with Gasteiger partial charge >= 0.3 is 23.9 Å². The highest BCUT2D eigenvalue weighted by atomic mass is 79.9. The smallest absolute Gasteiger partial charge is 0.311 e. The van der Waals surface area contributed by atoms with E-state index in [9.17, 15) is 34.8 Å². The summed E-state index contributed by atoms with van der Waals surface area (Å²) in [4.78, 5) is 67.8. The topological polar surface area (TPSA) is 215 Å². The maximum absolute atomic E-state index is 12.6. The van der Waals surface area contributed by atoms with Crippen molar-refractivity contribution in [2.24, 2.45) is 22.2 Å². The zero-order valence-electron chi connectivity index (χ0n) is 65.6. The lowest BCUT2D eigenvalue weighted by Gasteiger charge is -2.21. The minimum atomic E-state index is -2.64. The first kappa shape index (κ1) is 63.1. The second-order valence-electron chi connectivity index (χ2n) is 22.6. The van der Waals surface area contributed by atoms with Gasteiger partial charge in [0, 0.05) is 138 Å². The van der Waals surface area contributed by atoms with Crippen LogP contribution in [0.3, 0.4) is 0 Å². The van der Waals surface area contributed by atoms with Gasteiger partial charge in [-0.1, -0.05) is 89.3 Å². The lowest BCUT2D eigenvalue weighted by molar-refractivity contribution is -0.154. The number of nitrogens with zero attached hydrogens (tertiary/aromatic N) is 6. The Labute approximate surface area is 634 Å². The van der Waals surface area contributed by atoms with Gasteiger partial charge in [-0.15, -0.1) is 56.9 Å². The van der Waals surface area contributed by atoms with Crippen molar-refractivity contribution in [3.8, 4) is 34.4 Å². The number of ether oxygens (including phenoxy) is 3. The van der Waals surface area contributed by atoms with E-state index in [0.717, 1.165) is 92.8 Å². The summed E-state index contributed by atoms with van der Waals surface area (Å²) in [6.07, 6.45) is 14.1. The molecule has 1 N–H and O–H groups in total.